The third-order valence-corrected chi connectivity index (χ3v) is 4.37. The number of hydrogen-bond acceptors (Lipinski definition) is 4. The van der Waals surface area contributed by atoms with Crippen molar-refractivity contribution in [2.24, 2.45) is 5.41 Å². The van der Waals surface area contributed by atoms with Crippen LogP contribution in [-0.2, 0) is 4.79 Å². The number of carbonyl (C=O) groups is 1. The summed E-state index contributed by atoms with van der Waals surface area (Å²) >= 11 is 5.91. The van der Waals surface area contributed by atoms with Gasteiger partial charge in [0.25, 0.3) is 0 Å². The first kappa shape index (κ1) is 15.0. The van der Waals surface area contributed by atoms with Gasteiger partial charge in [0.1, 0.15) is 5.69 Å². The van der Waals surface area contributed by atoms with E-state index in [0.717, 1.165) is 12.8 Å². The molecule has 1 aliphatic heterocycles. The lowest BCUT2D eigenvalue weighted by atomic mass is 9.81. The Morgan fingerprint density at radius 1 is 1.45 bits per heavy atom. The van der Waals surface area contributed by atoms with Gasteiger partial charge in [-0.1, -0.05) is 13.8 Å². The second-order valence-corrected chi connectivity index (χ2v) is 5.88. The van der Waals surface area contributed by atoms with E-state index in [4.69, 9.17) is 11.6 Å². The van der Waals surface area contributed by atoms with E-state index >= 15 is 0 Å². The van der Waals surface area contributed by atoms with Gasteiger partial charge in [0.2, 0.25) is 11.2 Å². The number of aromatic nitrogens is 2. The number of nitrogens with one attached hydrogen (secondary N) is 1. The minimum atomic E-state index is -0.405. The van der Waals surface area contributed by atoms with Crippen LogP contribution in [0, 0.1) is 5.41 Å². The number of anilines is 2. The smallest absolute Gasteiger partial charge is 0.232 e. The van der Waals surface area contributed by atoms with Crippen LogP contribution in [0.4, 0.5) is 11.5 Å². The SMILES string of the molecule is CCC1(CC)CN(C(C)C)c2nc(Cl)ncc2NC1=O. The van der Waals surface area contributed by atoms with Crippen LogP contribution in [0.25, 0.3) is 0 Å². The van der Waals surface area contributed by atoms with E-state index in [9.17, 15) is 4.79 Å². The summed E-state index contributed by atoms with van der Waals surface area (Å²) in [5.74, 6) is 0.745. The Kier molecular flexibility index (Phi) is 4.18. The fourth-order valence-corrected chi connectivity index (χ4v) is 2.74. The average Bonchev–Trinajstić information content (AvgIpc) is 2.54. The second kappa shape index (κ2) is 5.56. The average molecular weight is 297 g/mol. The Hall–Kier alpha value is -1.36. The molecule has 2 heterocycles. The molecule has 5 nitrogen and oxygen atoms in total. The van der Waals surface area contributed by atoms with E-state index in [1.807, 2.05) is 0 Å². The molecule has 0 bridgehead atoms. The van der Waals surface area contributed by atoms with Gasteiger partial charge >= 0.3 is 0 Å². The molecule has 20 heavy (non-hydrogen) atoms. The summed E-state index contributed by atoms with van der Waals surface area (Å²) in [6.45, 7) is 8.92. The summed E-state index contributed by atoms with van der Waals surface area (Å²) in [4.78, 5) is 23.0. The van der Waals surface area contributed by atoms with E-state index < -0.39 is 5.41 Å². The van der Waals surface area contributed by atoms with Gasteiger partial charge in [-0.25, -0.2) is 4.98 Å². The molecular formula is C14H21ClN4O. The van der Waals surface area contributed by atoms with Gasteiger partial charge in [-0.05, 0) is 38.3 Å². The number of halogens is 1. The van der Waals surface area contributed by atoms with Crippen LogP contribution in [0.3, 0.4) is 0 Å². The molecule has 0 aliphatic carbocycles. The maximum absolute atomic E-state index is 12.6. The lowest BCUT2D eigenvalue weighted by molar-refractivity contribution is -0.125. The van der Waals surface area contributed by atoms with Crippen molar-refractivity contribution in [1.82, 2.24) is 9.97 Å². The molecule has 110 valence electrons. The fourth-order valence-electron chi connectivity index (χ4n) is 2.61. The topological polar surface area (TPSA) is 58.1 Å². The highest BCUT2D eigenvalue weighted by atomic mass is 35.5. The Balaban J connectivity index is 2.55. The van der Waals surface area contributed by atoms with Crippen LogP contribution in [0.5, 0.6) is 0 Å². The van der Waals surface area contributed by atoms with Crippen molar-refractivity contribution in [2.75, 3.05) is 16.8 Å². The van der Waals surface area contributed by atoms with Crippen molar-refractivity contribution in [1.29, 1.82) is 0 Å². The second-order valence-electron chi connectivity index (χ2n) is 5.54. The molecule has 1 aromatic rings. The molecule has 0 saturated heterocycles. The number of hydrogen-bond donors (Lipinski definition) is 1. The van der Waals surface area contributed by atoms with Gasteiger partial charge in [0.15, 0.2) is 5.82 Å². The van der Waals surface area contributed by atoms with E-state index in [1.165, 1.54) is 0 Å². The summed E-state index contributed by atoms with van der Waals surface area (Å²) in [6, 6.07) is 0.227. The first-order chi connectivity index (χ1) is 9.43. The number of amides is 1. The van der Waals surface area contributed by atoms with Gasteiger partial charge in [0, 0.05) is 12.6 Å². The van der Waals surface area contributed by atoms with Crippen LogP contribution in [0.15, 0.2) is 6.20 Å². The fraction of sp³-hybridized carbons (Fsp3) is 0.643. The van der Waals surface area contributed by atoms with Gasteiger partial charge in [-0.15, -0.1) is 0 Å². The Bertz CT molecular complexity index is 514. The highest BCUT2D eigenvalue weighted by Crippen LogP contribution is 2.38. The molecule has 0 aromatic carbocycles. The molecule has 6 heteroatoms. The van der Waals surface area contributed by atoms with Crippen LogP contribution in [0.1, 0.15) is 40.5 Å². The predicted molar refractivity (Wildman–Crippen MR) is 81.2 cm³/mol. The van der Waals surface area contributed by atoms with Crippen molar-refractivity contribution in [3.05, 3.63) is 11.5 Å². The summed E-state index contributed by atoms with van der Waals surface area (Å²) in [5, 5.41) is 3.16. The lowest BCUT2D eigenvalue weighted by Crippen LogP contribution is -2.45. The van der Waals surface area contributed by atoms with Crippen molar-refractivity contribution in [2.45, 2.75) is 46.6 Å². The molecule has 0 fully saturated rings. The molecule has 1 amide bonds. The van der Waals surface area contributed by atoms with E-state index in [-0.39, 0.29) is 17.2 Å². The van der Waals surface area contributed by atoms with Crippen LogP contribution in [-0.4, -0.2) is 28.5 Å². The summed E-state index contributed by atoms with van der Waals surface area (Å²) in [6.07, 6.45) is 3.15. The summed E-state index contributed by atoms with van der Waals surface area (Å²) in [7, 11) is 0. The minimum absolute atomic E-state index is 0.0397. The number of nitrogens with zero attached hydrogens (tertiary/aromatic N) is 3. The van der Waals surface area contributed by atoms with Gasteiger partial charge < -0.3 is 10.2 Å². The van der Waals surface area contributed by atoms with Crippen LogP contribution in [0.2, 0.25) is 5.28 Å². The van der Waals surface area contributed by atoms with Gasteiger partial charge in [-0.3, -0.25) is 4.79 Å². The molecule has 0 radical (unpaired) electrons. The standard InChI is InChI=1S/C14H21ClN4O/c1-5-14(6-2)8-19(9(3)4)11-10(17-12(14)20)7-16-13(15)18-11/h7,9H,5-6,8H2,1-4H3,(H,17,20). The maximum Gasteiger partial charge on any atom is 0.232 e. The van der Waals surface area contributed by atoms with Crippen molar-refractivity contribution >= 4 is 29.0 Å². The van der Waals surface area contributed by atoms with Crippen molar-refractivity contribution in [3.63, 3.8) is 0 Å². The first-order valence-electron chi connectivity index (χ1n) is 7.04. The molecule has 1 aliphatic rings. The number of rotatable bonds is 3. The first-order valence-corrected chi connectivity index (χ1v) is 7.42. The highest BCUT2D eigenvalue weighted by molar-refractivity contribution is 6.28. The molecule has 2 rings (SSSR count). The zero-order chi connectivity index (χ0) is 14.9. The van der Waals surface area contributed by atoms with Gasteiger partial charge in [-0.2, -0.15) is 4.98 Å². The normalized spacial score (nSPS) is 17.7. The molecule has 1 N–H and O–H groups in total. The monoisotopic (exact) mass is 296 g/mol. The minimum Gasteiger partial charge on any atom is -0.351 e. The molecule has 0 unspecified atom stereocenters. The molecule has 0 atom stereocenters. The third-order valence-electron chi connectivity index (χ3n) is 4.19. The summed E-state index contributed by atoms with van der Waals surface area (Å²) < 4.78 is 0. The Morgan fingerprint density at radius 2 is 2.10 bits per heavy atom. The van der Waals surface area contributed by atoms with E-state index in [0.29, 0.717) is 18.1 Å². The molecule has 1 aromatic heterocycles. The quantitative estimate of drug-likeness (QED) is 0.871. The van der Waals surface area contributed by atoms with Crippen molar-refractivity contribution < 1.29 is 4.79 Å². The van der Waals surface area contributed by atoms with Gasteiger partial charge in [0.05, 0.1) is 11.6 Å². The third kappa shape index (κ3) is 2.46. The zero-order valence-electron chi connectivity index (χ0n) is 12.4. The molecule has 0 saturated carbocycles. The van der Waals surface area contributed by atoms with Crippen LogP contribution < -0.4 is 10.2 Å². The zero-order valence-corrected chi connectivity index (χ0v) is 13.2. The van der Waals surface area contributed by atoms with E-state index in [2.05, 4.69) is 47.9 Å². The Morgan fingerprint density at radius 3 is 2.65 bits per heavy atom. The summed E-state index contributed by atoms with van der Waals surface area (Å²) in [5.41, 5.74) is 0.231. The Labute approximate surface area is 124 Å². The highest BCUT2D eigenvalue weighted by Gasteiger charge is 2.41. The maximum atomic E-state index is 12.6. The predicted octanol–water partition coefficient (Wildman–Crippen LogP) is 3.10. The number of fused-ring (bicyclic) bond motifs is 1. The lowest BCUT2D eigenvalue weighted by Gasteiger charge is -2.35. The number of carbonyl (C=O) groups excluding carboxylic acids is 1. The largest absolute Gasteiger partial charge is 0.351 e. The van der Waals surface area contributed by atoms with E-state index in [1.54, 1.807) is 6.20 Å². The van der Waals surface area contributed by atoms with Crippen LogP contribution >= 0.6 is 11.6 Å². The molecular weight excluding hydrogens is 276 g/mol. The molecule has 0 spiro atoms. The van der Waals surface area contributed by atoms with Crippen molar-refractivity contribution in [3.8, 4) is 0 Å².